The van der Waals surface area contributed by atoms with E-state index in [-0.39, 0.29) is 29.0 Å². The van der Waals surface area contributed by atoms with Gasteiger partial charge in [-0.15, -0.1) is 0 Å². The molecule has 0 aliphatic rings. The van der Waals surface area contributed by atoms with Crippen molar-refractivity contribution in [3.05, 3.63) is 83.4 Å². The minimum absolute atomic E-state index is 0.0213. The van der Waals surface area contributed by atoms with E-state index in [0.29, 0.717) is 5.69 Å². The lowest BCUT2D eigenvalue weighted by Crippen LogP contribution is -2.45. The second-order valence-corrected chi connectivity index (χ2v) is 6.49. The van der Waals surface area contributed by atoms with E-state index < -0.39 is 23.5 Å². The third-order valence-corrected chi connectivity index (χ3v) is 4.59. The Morgan fingerprint density at radius 3 is 2.52 bits per heavy atom. The van der Waals surface area contributed by atoms with Gasteiger partial charge in [-0.2, -0.15) is 13.2 Å². The van der Waals surface area contributed by atoms with Crippen LogP contribution in [0.15, 0.2) is 60.8 Å². The van der Waals surface area contributed by atoms with Gasteiger partial charge in [-0.05, 0) is 41.5 Å². The maximum absolute atomic E-state index is 14.3. The Morgan fingerprint density at radius 1 is 1.06 bits per heavy atom. The van der Waals surface area contributed by atoms with Crippen molar-refractivity contribution in [2.24, 2.45) is 0 Å². The molecule has 0 saturated carbocycles. The SMILES string of the molecule is COc1ccc(-c2ccc(F)c(C(=O)NCc3cccc[n+]3OC)c2)c(C(F)(F)F)c1. The summed E-state index contributed by atoms with van der Waals surface area (Å²) in [5, 5.41) is 2.55. The number of rotatable bonds is 6. The standard InChI is InChI=1S/C22H18F4N2O3/c1-30-16-7-8-17(19(12-16)22(24,25)26)14-6-9-20(23)18(11-14)21(29)27-13-15-5-3-4-10-28(15)31-2/h3-12H,13H2,1-2H3/p+1. The monoisotopic (exact) mass is 435 g/mol. The Labute approximate surface area is 175 Å². The molecule has 0 fully saturated rings. The fraction of sp³-hybridized carbons (Fsp3) is 0.182. The Hall–Kier alpha value is -3.62. The van der Waals surface area contributed by atoms with Gasteiger partial charge in [0, 0.05) is 16.9 Å². The molecule has 1 amide bonds. The molecular weight excluding hydrogens is 416 g/mol. The number of aromatic nitrogens is 1. The lowest BCUT2D eigenvalue weighted by atomic mass is 9.97. The van der Waals surface area contributed by atoms with Gasteiger partial charge in [-0.25, -0.2) is 4.39 Å². The summed E-state index contributed by atoms with van der Waals surface area (Å²) in [4.78, 5) is 17.7. The smallest absolute Gasteiger partial charge is 0.417 e. The molecule has 5 nitrogen and oxygen atoms in total. The van der Waals surface area contributed by atoms with Gasteiger partial charge >= 0.3 is 6.18 Å². The van der Waals surface area contributed by atoms with Gasteiger partial charge in [0.15, 0.2) is 0 Å². The molecule has 31 heavy (non-hydrogen) atoms. The van der Waals surface area contributed by atoms with Gasteiger partial charge in [0.25, 0.3) is 11.6 Å². The lowest BCUT2D eigenvalue weighted by molar-refractivity contribution is -0.890. The van der Waals surface area contributed by atoms with Crippen LogP contribution in [0.5, 0.6) is 5.75 Å². The van der Waals surface area contributed by atoms with Crippen molar-refractivity contribution in [3.63, 3.8) is 0 Å². The van der Waals surface area contributed by atoms with Crippen molar-refractivity contribution in [1.82, 2.24) is 5.32 Å². The van der Waals surface area contributed by atoms with Crippen LogP contribution in [0, 0.1) is 5.82 Å². The number of halogens is 4. The number of ether oxygens (including phenoxy) is 1. The molecule has 1 aromatic heterocycles. The lowest BCUT2D eigenvalue weighted by Gasteiger charge is -2.15. The van der Waals surface area contributed by atoms with E-state index in [4.69, 9.17) is 9.57 Å². The molecule has 0 unspecified atom stereocenters. The van der Waals surface area contributed by atoms with E-state index in [9.17, 15) is 22.4 Å². The van der Waals surface area contributed by atoms with E-state index >= 15 is 0 Å². The summed E-state index contributed by atoms with van der Waals surface area (Å²) in [6.45, 7) is 0.0213. The molecule has 9 heteroatoms. The molecule has 1 heterocycles. The molecular formula is C22H19F4N2O3+. The van der Waals surface area contributed by atoms with Crippen molar-refractivity contribution in [2.45, 2.75) is 12.7 Å². The number of benzene rings is 2. The van der Waals surface area contributed by atoms with Crippen molar-refractivity contribution >= 4 is 5.91 Å². The number of hydrogen-bond donors (Lipinski definition) is 1. The van der Waals surface area contributed by atoms with Crippen LogP contribution < -0.4 is 19.6 Å². The van der Waals surface area contributed by atoms with E-state index in [2.05, 4.69) is 5.32 Å². The van der Waals surface area contributed by atoms with Crippen LogP contribution in [-0.2, 0) is 12.7 Å². The van der Waals surface area contributed by atoms with Crippen LogP contribution in [0.2, 0.25) is 0 Å². The highest BCUT2D eigenvalue weighted by molar-refractivity contribution is 5.95. The Bertz CT molecular complexity index is 1100. The minimum atomic E-state index is -4.66. The van der Waals surface area contributed by atoms with Crippen LogP contribution in [0.4, 0.5) is 17.6 Å². The van der Waals surface area contributed by atoms with Gasteiger partial charge in [0.05, 0.1) is 18.2 Å². The van der Waals surface area contributed by atoms with Crippen molar-refractivity contribution in [3.8, 4) is 16.9 Å². The first-order valence-electron chi connectivity index (χ1n) is 9.12. The second-order valence-electron chi connectivity index (χ2n) is 6.49. The summed E-state index contributed by atoms with van der Waals surface area (Å²) in [6.07, 6.45) is -3.03. The molecule has 3 aromatic rings. The van der Waals surface area contributed by atoms with Crippen molar-refractivity contribution in [2.75, 3.05) is 14.2 Å². The van der Waals surface area contributed by atoms with Crippen molar-refractivity contribution in [1.29, 1.82) is 0 Å². The summed E-state index contributed by atoms with van der Waals surface area (Å²) in [5.41, 5.74) is -0.878. The number of alkyl halides is 3. The number of nitrogens with one attached hydrogen (secondary N) is 1. The molecule has 1 N–H and O–H groups in total. The maximum atomic E-state index is 14.3. The number of hydrogen-bond acceptors (Lipinski definition) is 3. The molecule has 2 aromatic carbocycles. The molecule has 0 aliphatic carbocycles. The topological polar surface area (TPSA) is 51.4 Å². The Balaban J connectivity index is 1.93. The van der Waals surface area contributed by atoms with Crippen LogP contribution >= 0.6 is 0 Å². The molecule has 0 bridgehead atoms. The number of methoxy groups -OCH3 is 1. The molecule has 0 spiro atoms. The van der Waals surface area contributed by atoms with Crippen LogP contribution in [-0.4, -0.2) is 20.1 Å². The van der Waals surface area contributed by atoms with E-state index in [1.165, 1.54) is 37.1 Å². The largest absolute Gasteiger partial charge is 0.497 e. The highest BCUT2D eigenvalue weighted by Gasteiger charge is 2.34. The van der Waals surface area contributed by atoms with Gasteiger partial charge in [0.1, 0.15) is 25.2 Å². The number of nitrogens with zero attached hydrogens (tertiary/aromatic N) is 1. The number of carbonyl (C=O) groups is 1. The van der Waals surface area contributed by atoms with E-state index in [1.807, 2.05) is 0 Å². The zero-order chi connectivity index (χ0) is 22.6. The minimum Gasteiger partial charge on any atom is -0.497 e. The maximum Gasteiger partial charge on any atom is 0.417 e. The average molecular weight is 435 g/mol. The number of amides is 1. The van der Waals surface area contributed by atoms with E-state index in [1.54, 1.807) is 24.4 Å². The molecule has 0 saturated heterocycles. The normalized spacial score (nSPS) is 11.2. The average Bonchev–Trinajstić information content (AvgIpc) is 2.77. The molecule has 3 rings (SSSR count). The van der Waals surface area contributed by atoms with Gasteiger partial charge < -0.3 is 10.1 Å². The van der Waals surface area contributed by atoms with Crippen molar-refractivity contribution < 1.29 is 36.7 Å². The Morgan fingerprint density at radius 2 is 1.84 bits per heavy atom. The third kappa shape index (κ3) is 4.93. The summed E-state index contributed by atoms with van der Waals surface area (Å²) in [7, 11) is 2.71. The van der Waals surface area contributed by atoms with E-state index in [0.717, 1.165) is 18.2 Å². The highest BCUT2D eigenvalue weighted by Crippen LogP contribution is 2.39. The van der Waals surface area contributed by atoms with Gasteiger partial charge in [-0.1, -0.05) is 12.1 Å². The quantitative estimate of drug-likeness (QED) is 0.474. The zero-order valence-electron chi connectivity index (χ0n) is 16.7. The van der Waals surface area contributed by atoms with Gasteiger partial charge in [-0.3, -0.25) is 9.63 Å². The fourth-order valence-electron chi connectivity index (χ4n) is 3.05. The number of carbonyl (C=O) groups excluding carboxylic acids is 1. The summed E-state index contributed by atoms with van der Waals surface area (Å²) in [6, 6.07) is 11.9. The Kier molecular flexibility index (Phi) is 6.43. The van der Waals surface area contributed by atoms with Crippen LogP contribution in [0.25, 0.3) is 11.1 Å². The first-order valence-corrected chi connectivity index (χ1v) is 9.12. The highest BCUT2D eigenvalue weighted by atomic mass is 19.4. The fourth-order valence-corrected chi connectivity index (χ4v) is 3.05. The second kappa shape index (κ2) is 9.03. The van der Waals surface area contributed by atoms with Crippen LogP contribution in [0.3, 0.4) is 0 Å². The molecule has 0 atom stereocenters. The third-order valence-electron chi connectivity index (χ3n) is 4.59. The first-order chi connectivity index (χ1) is 14.7. The zero-order valence-corrected chi connectivity index (χ0v) is 16.7. The molecule has 0 radical (unpaired) electrons. The first kappa shape index (κ1) is 22.1. The molecule has 162 valence electrons. The van der Waals surface area contributed by atoms with Gasteiger partial charge in [0.2, 0.25) is 6.20 Å². The number of pyridine rings is 1. The predicted molar refractivity (Wildman–Crippen MR) is 104 cm³/mol. The summed E-state index contributed by atoms with van der Waals surface area (Å²) < 4.78 is 61.3. The van der Waals surface area contributed by atoms with Crippen LogP contribution in [0.1, 0.15) is 21.6 Å². The predicted octanol–water partition coefficient (Wildman–Crippen LogP) is 3.80. The molecule has 0 aliphatic heterocycles. The summed E-state index contributed by atoms with van der Waals surface area (Å²) >= 11 is 0. The summed E-state index contributed by atoms with van der Waals surface area (Å²) in [5.74, 6) is -1.59.